The largest absolute Gasteiger partial charge is 0.493 e. The van der Waals surface area contributed by atoms with Crippen LogP contribution < -0.4 is 14.8 Å². The zero-order valence-corrected chi connectivity index (χ0v) is 15.0. The van der Waals surface area contributed by atoms with Gasteiger partial charge in [-0.05, 0) is 25.5 Å². The molecular weight excluding hydrogens is 312 g/mol. The van der Waals surface area contributed by atoms with E-state index in [-0.39, 0.29) is 18.6 Å². The van der Waals surface area contributed by atoms with Crippen LogP contribution in [0.2, 0.25) is 0 Å². The van der Waals surface area contributed by atoms with Gasteiger partial charge in [-0.15, -0.1) is 0 Å². The predicted octanol–water partition coefficient (Wildman–Crippen LogP) is 2.44. The van der Waals surface area contributed by atoms with E-state index in [1.165, 1.54) is 4.90 Å². The number of carbonyl (C=O) groups is 2. The number of hydrogen-bond donors (Lipinski definition) is 2. The number of urea groups is 1. The molecule has 1 aromatic carbocycles. The Hall–Kier alpha value is -2.44. The van der Waals surface area contributed by atoms with Gasteiger partial charge in [-0.25, -0.2) is 4.79 Å². The van der Waals surface area contributed by atoms with Crippen molar-refractivity contribution in [1.29, 1.82) is 0 Å². The van der Waals surface area contributed by atoms with Crippen LogP contribution in [0.15, 0.2) is 12.1 Å². The summed E-state index contributed by atoms with van der Waals surface area (Å²) in [6.45, 7) is 5.46. The van der Waals surface area contributed by atoms with Gasteiger partial charge >= 0.3 is 12.0 Å². The van der Waals surface area contributed by atoms with E-state index >= 15 is 0 Å². The maximum absolute atomic E-state index is 12.2. The lowest BCUT2D eigenvalue weighted by molar-refractivity contribution is -0.141. The van der Waals surface area contributed by atoms with Crippen LogP contribution in [0.4, 0.5) is 4.79 Å². The number of amides is 2. The van der Waals surface area contributed by atoms with Crippen molar-refractivity contribution < 1.29 is 24.2 Å². The van der Waals surface area contributed by atoms with Gasteiger partial charge < -0.3 is 24.8 Å². The van der Waals surface area contributed by atoms with E-state index in [1.54, 1.807) is 34.3 Å². The monoisotopic (exact) mass is 338 g/mol. The molecule has 0 fully saturated rings. The second-order valence-corrected chi connectivity index (χ2v) is 5.81. The zero-order valence-electron chi connectivity index (χ0n) is 15.0. The summed E-state index contributed by atoms with van der Waals surface area (Å²) < 4.78 is 10.6. The molecule has 0 aliphatic rings. The summed E-state index contributed by atoms with van der Waals surface area (Å²) in [5.74, 6) is -0.300. The van der Waals surface area contributed by atoms with E-state index in [2.05, 4.69) is 5.32 Å². The summed E-state index contributed by atoms with van der Waals surface area (Å²) in [5, 5.41) is 11.8. The highest BCUT2D eigenvalue weighted by molar-refractivity contribution is 5.76. The minimum Gasteiger partial charge on any atom is -0.493 e. The molecule has 0 bridgehead atoms. The Bertz CT molecular complexity index is 603. The van der Waals surface area contributed by atoms with Gasteiger partial charge in [0.05, 0.1) is 26.2 Å². The smallest absolute Gasteiger partial charge is 0.317 e. The second kappa shape index (κ2) is 8.42. The number of benzene rings is 1. The van der Waals surface area contributed by atoms with E-state index in [0.29, 0.717) is 11.5 Å². The average molecular weight is 338 g/mol. The van der Waals surface area contributed by atoms with Crippen molar-refractivity contribution in [2.45, 2.75) is 26.8 Å². The Labute approximate surface area is 142 Å². The molecule has 0 aliphatic carbocycles. The first-order chi connectivity index (χ1) is 11.2. The molecule has 2 amide bonds. The van der Waals surface area contributed by atoms with Crippen LogP contribution in [0.25, 0.3) is 0 Å². The Morgan fingerprint density at radius 1 is 1.25 bits per heavy atom. The first-order valence-electron chi connectivity index (χ1n) is 7.68. The average Bonchev–Trinajstić information content (AvgIpc) is 2.53. The van der Waals surface area contributed by atoms with Gasteiger partial charge in [-0.3, -0.25) is 4.79 Å². The van der Waals surface area contributed by atoms with Gasteiger partial charge in [0, 0.05) is 19.2 Å². The first-order valence-corrected chi connectivity index (χ1v) is 7.68. The number of nitrogens with zero attached hydrogens (tertiary/aromatic N) is 1. The van der Waals surface area contributed by atoms with Gasteiger partial charge in [0.25, 0.3) is 0 Å². The number of methoxy groups -OCH3 is 2. The fraction of sp³-hybridized carbons (Fsp3) is 0.529. The fourth-order valence-corrected chi connectivity index (χ4v) is 2.51. The molecule has 0 radical (unpaired) electrons. The van der Waals surface area contributed by atoms with Crippen LogP contribution in [-0.4, -0.2) is 49.8 Å². The fourth-order valence-electron chi connectivity index (χ4n) is 2.51. The van der Waals surface area contributed by atoms with Crippen molar-refractivity contribution in [3.63, 3.8) is 0 Å². The maximum atomic E-state index is 12.2. The summed E-state index contributed by atoms with van der Waals surface area (Å²) >= 11 is 0. The topological polar surface area (TPSA) is 88.1 Å². The lowest BCUT2D eigenvalue weighted by Crippen LogP contribution is -2.41. The minimum atomic E-state index is -0.932. The number of hydrogen-bond acceptors (Lipinski definition) is 4. The lowest BCUT2D eigenvalue weighted by Gasteiger charge is -2.24. The highest BCUT2D eigenvalue weighted by Crippen LogP contribution is 2.35. The van der Waals surface area contributed by atoms with E-state index in [1.807, 2.05) is 19.9 Å². The van der Waals surface area contributed by atoms with E-state index in [0.717, 1.165) is 11.1 Å². The Morgan fingerprint density at radius 2 is 1.88 bits per heavy atom. The molecule has 2 atom stereocenters. The molecule has 2 unspecified atom stereocenters. The van der Waals surface area contributed by atoms with Gasteiger partial charge in [0.15, 0.2) is 11.5 Å². The van der Waals surface area contributed by atoms with Crippen LogP contribution in [0.3, 0.4) is 0 Å². The highest BCUT2D eigenvalue weighted by atomic mass is 16.5. The molecule has 0 aromatic heterocycles. The van der Waals surface area contributed by atoms with Gasteiger partial charge in [0.1, 0.15) is 0 Å². The van der Waals surface area contributed by atoms with Crippen molar-refractivity contribution in [1.82, 2.24) is 10.2 Å². The lowest BCUT2D eigenvalue weighted by atomic mass is 10.0. The maximum Gasteiger partial charge on any atom is 0.317 e. The number of aliphatic carboxylic acids is 1. The number of nitrogens with one attached hydrogen (secondary N) is 1. The quantitative estimate of drug-likeness (QED) is 0.797. The van der Waals surface area contributed by atoms with E-state index in [4.69, 9.17) is 14.6 Å². The Kier molecular flexibility index (Phi) is 6.88. The first kappa shape index (κ1) is 19.6. The van der Waals surface area contributed by atoms with E-state index < -0.39 is 11.9 Å². The van der Waals surface area contributed by atoms with Crippen molar-refractivity contribution in [2.24, 2.45) is 5.92 Å². The molecule has 0 saturated heterocycles. The van der Waals surface area contributed by atoms with Crippen molar-refractivity contribution in [3.8, 4) is 11.5 Å². The number of carbonyl (C=O) groups excluding carboxylic acids is 1. The Balaban J connectivity index is 2.86. The van der Waals surface area contributed by atoms with E-state index in [9.17, 15) is 9.59 Å². The number of carboxylic acids is 1. The SMILES string of the molecule is COc1ccc(C(C)NC(=O)N(C)CC(C)C(=O)O)c(C)c1OC. The van der Waals surface area contributed by atoms with Crippen molar-refractivity contribution >= 4 is 12.0 Å². The van der Waals surface area contributed by atoms with Crippen LogP contribution in [0.5, 0.6) is 11.5 Å². The standard InChI is InChI=1S/C17H26N2O5/c1-10(16(20)21)9-19(4)17(22)18-12(3)13-7-8-14(23-5)15(24-6)11(13)2/h7-8,10,12H,9H2,1-6H3,(H,18,22)(H,20,21). The molecule has 134 valence electrons. The number of rotatable bonds is 7. The van der Waals surface area contributed by atoms with Crippen molar-refractivity contribution in [3.05, 3.63) is 23.3 Å². The molecule has 0 spiro atoms. The third kappa shape index (κ3) is 4.53. The molecule has 7 heteroatoms. The molecule has 0 aliphatic heterocycles. The number of carboxylic acid groups (broad SMARTS) is 1. The summed E-state index contributed by atoms with van der Waals surface area (Å²) in [4.78, 5) is 24.5. The third-order valence-corrected chi connectivity index (χ3v) is 3.96. The highest BCUT2D eigenvalue weighted by Gasteiger charge is 2.21. The normalized spacial score (nSPS) is 12.9. The minimum absolute atomic E-state index is 0.138. The molecule has 7 nitrogen and oxygen atoms in total. The molecule has 0 saturated carbocycles. The molecular formula is C17H26N2O5. The van der Waals surface area contributed by atoms with Crippen LogP contribution in [-0.2, 0) is 4.79 Å². The summed E-state index contributed by atoms with van der Waals surface area (Å²) in [6, 6.07) is 3.08. The molecule has 24 heavy (non-hydrogen) atoms. The van der Waals surface area contributed by atoms with Gasteiger partial charge in [-0.1, -0.05) is 13.0 Å². The predicted molar refractivity (Wildman–Crippen MR) is 90.7 cm³/mol. The molecule has 1 aromatic rings. The second-order valence-electron chi connectivity index (χ2n) is 5.81. The van der Waals surface area contributed by atoms with Crippen LogP contribution in [0.1, 0.15) is 31.0 Å². The van der Waals surface area contributed by atoms with Crippen molar-refractivity contribution in [2.75, 3.05) is 27.8 Å². The summed E-state index contributed by atoms with van der Waals surface area (Å²) in [7, 11) is 4.71. The molecule has 1 rings (SSSR count). The number of ether oxygens (including phenoxy) is 2. The Morgan fingerprint density at radius 3 is 2.38 bits per heavy atom. The van der Waals surface area contributed by atoms with Gasteiger partial charge in [-0.2, -0.15) is 0 Å². The third-order valence-electron chi connectivity index (χ3n) is 3.96. The summed E-state index contributed by atoms with van der Waals surface area (Å²) in [5.41, 5.74) is 1.78. The van der Waals surface area contributed by atoms with Gasteiger partial charge in [0.2, 0.25) is 0 Å². The van der Waals surface area contributed by atoms with Crippen LogP contribution in [0, 0.1) is 12.8 Å². The molecule has 0 heterocycles. The molecule has 2 N–H and O–H groups in total. The zero-order chi connectivity index (χ0) is 18.4. The van der Waals surface area contributed by atoms with Crippen LogP contribution >= 0.6 is 0 Å². The summed E-state index contributed by atoms with van der Waals surface area (Å²) in [6.07, 6.45) is 0.